The van der Waals surface area contributed by atoms with E-state index in [1.54, 1.807) is 18.2 Å². The van der Waals surface area contributed by atoms with Gasteiger partial charge >= 0.3 is 0 Å². The van der Waals surface area contributed by atoms with Crippen LogP contribution in [-0.2, 0) is 11.3 Å². The van der Waals surface area contributed by atoms with Gasteiger partial charge in [-0.25, -0.2) is 0 Å². The Kier molecular flexibility index (Phi) is 5.27. The van der Waals surface area contributed by atoms with Crippen LogP contribution in [-0.4, -0.2) is 26.1 Å². The molecule has 0 spiro atoms. The Morgan fingerprint density at radius 1 is 1.12 bits per heavy atom. The average molecular weight is 472 g/mol. The Bertz CT molecular complexity index is 882. The number of rotatable bonds is 4. The largest absolute Gasteiger partial charge is 0.323 e. The molecule has 6 nitrogen and oxygen atoms in total. The number of benzene rings is 2. The molecule has 0 bridgehead atoms. The van der Waals surface area contributed by atoms with E-state index in [0.29, 0.717) is 16.5 Å². The van der Waals surface area contributed by atoms with Crippen LogP contribution < -0.4 is 5.32 Å². The normalized spacial score (nSPS) is 10.6. The maximum absolute atomic E-state index is 12.1. The Balaban J connectivity index is 1.68. The number of halogens is 3. The van der Waals surface area contributed by atoms with Crippen molar-refractivity contribution in [1.82, 2.24) is 20.2 Å². The summed E-state index contributed by atoms with van der Waals surface area (Å²) in [7, 11) is 0. The van der Waals surface area contributed by atoms with Gasteiger partial charge in [0.2, 0.25) is 11.7 Å². The number of aromatic nitrogens is 4. The molecule has 0 unspecified atom stereocenters. The van der Waals surface area contributed by atoms with Crippen LogP contribution in [0.25, 0.3) is 11.4 Å². The van der Waals surface area contributed by atoms with Crippen LogP contribution in [0.1, 0.15) is 0 Å². The Hall–Kier alpha value is -1.77. The lowest BCUT2D eigenvalue weighted by Crippen LogP contribution is -2.20. The first-order valence-corrected chi connectivity index (χ1v) is 8.76. The molecular formula is C15H10Br2ClN5O. The molecule has 2 aromatic carbocycles. The lowest BCUT2D eigenvalue weighted by molar-refractivity contribution is -0.117. The zero-order valence-electron chi connectivity index (χ0n) is 12.1. The van der Waals surface area contributed by atoms with Crippen LogP contribution in [0.2, 0.25) is 5.02 Å². The third-order valence-corrected chi connectivity index (χ3v) is 4.38. The smallest absolute Gasteiger partial charge is 0.248 e. The summed E-state index contributed by atoms with van der Waals surface area (Å²) < 4.78 is 1.80. The molecule has 122 valence electrons. The van der Waals surface area contributed by atoms with Gasteiger partial charge in [-0.1, -0.05) is 43.5 Å². The van der Waals surface area contributed by atoms with Gasteiger partial charge in [0.25, 0.3) is 0 Å². The Labute approximate surface area is 159 Å². The SMILES string of the molecule is O=C(Cn1nnc(-c2ccc(Br)cc2)n1)Nc1ccc(Br)cc1Cl. The number of nitrogens with one attached hydrogen (secondary N) is 1. The number of amides is 1. The first-order valence-electron chi connectivity index (χ1n) is 6.80. The molecule has 0 fully saturated rings. The second kappa shape index (κ2) is 7.42. The van der Waals surface area contributed by atoms with Gasteiger partial charge in [0.1, 0.15) is 6.54 Å². The van der Waals surface area contributed by atoms with Gasteiger partial charge in [-0.05, 0) is 47.7 Å². The molecule has 1 heterocycles. The summed E-state index contributed by atoms with van der Waals surface area (Å²) in [5.74, 6) is 0.163. The monoisotopic (exact) mass is 469 g/mol. The predicted octanol–water partition coefficient (Wildman–Crippen LogP) is 4.16. The van der Waals surface area contributed by atoms with Gasteiger partial charge in [0.05, 0.1) is 10.7 Å². The molecule has 0 atom stereocenters. The van der Waals surface area contributed by atoms with E-state index in [-0.39, 0.29) is 12.5 Å². The summed E-state index contributed by atoms with van der Waals surface area (Å²) in [5.41, 5.74) is 1.35. The van der Waals surface area contributed by atoms with Gasteiger partial charge in [0, 0.05) is 14.5 Å². The van der Waals surface area contributed by atoms with Gasteiger partial charge in [-0.2, -0.15) is 4.80 Å². The van der Waals surface area contributed by atoms with E-state index in [2.05, 4.69) is 52.6 Å². The first kappa shape index (κ1) is 17.1. The van der Waals surface area contributed by atoms with Crippen LogP contribution in [0.3, 0.4) is 0 Å². The minimum atomic E-state index is -0.293. The summed E-state index contributed by atoms with van der Waals surface area (Å²) in [6.07, 6.45) is 0. The summed E-state index contributed by atoms with van der Waals surface area (Å²) >= 11 is 12.8. The zero-order chi connectivity index (χ0) is 17.1. The second-order valence-electron chi connectivity index (χ2n) is 4.82. The van der Waals surface area contributed by atoms with Crippen molar-refractivity contribution in [2.45, 2.75) is 6.54 Å². The third-order valence-electron chi connectivity index (χ3n) is 3.05. The number of nitrogens with zero attached hydrogens (tertiary/aromatic N) is 4. The van der Waals surface area contributed by atoms with Crippen molar-refractivity contribution in [2.24, 2.45) is 0 Å². The topological polar surface area (TPSA) is 72.7 Å². The fourth-order valence-electron chi connectivity index (χ4n) is 1.93. The number of carbonyl (C=O) groups excluding carboxylic acids is 1. The van der Waals surface area contributed by atoms with Crippen molar-refractivity contribution < 1.29 is 4.79 Å². The lowest BCUT2D eigenvalue weighted by Gasteiger charge is -2.06. The number of tetrazole rings is 1. The molecular weight excluding hydrogens is 461 g/mol. The highest BCUT2D eigenvalue weighted by Crippen LogP contribution is 2.25. The van der Waals surface area contributed by atoms with Crippen molar-refractivity contribution in [2.75, 3.05) is 5.32 Å². The van der Waals surface area contributed by atoms with E-state index in [0.717, 1.165) is 14.5 Å². The van der Waals surface area contributed by atoms with Crippen molar-refractivity contribution in [3.8, 4) is 11.4 Å². The van der Waals surface area contributed by atoms with Crippen molar-refractivity contribution in [1.29, 1.82) is 0 Å². The number of hydrogen-bond donors (Lipinski definition) is 1. The van der Waals surface area contributed by atoms with Crippen molar-refractivity contribution in [3.05, 3.63) is 56.4 Å². The molecule has 9 heteroatoms. The molecule has 1 N–H and O–H groups in total. The average Bonchev–Trinajstić information content (AvgIpc) is 2.99. The van der Waals surface area contributed by atoms with E-state index < -0.39 is 0 Å². The summed E-state index contributed by atoms with van der Waals surface area (Å²) in [4.78, 5) is 13.3. The number of anilines is 1. The van der Waals surface area contributed by atoms with Gasteiger partial charge < -0.3 is 5.32 Å². The standard InChI is InChI=1S/C15H10Br2ClN5O/c16-10-3-1-9(2-4-10)15-20-22-23(21-15)8-14(24)19-13-6-5-11(17)7-12(13)18/h1-7H,8H2,(H,19,24). The molecule has 0 aliphatic rings. The molecule has 0 aliphatic heterocycles. The minimum absolute atomic E-state index is 0.0596. The first-order chi connectivity index (χ1) is 11.5. The van der Waals surface area contributed by atoms with E-state index >= 15 is 0 Å². The van der Waals surface area contributed by atoms with E-state index in [9.17, 15) is 4.79 Å². The molecule has 1 aromatic heterocycles. The zero-order valence-corrected chi connectivity index (χ0v) is 16.0. The summed E-state index contributed by atoms with van der Waals surface area (Å²) in [6.45, 7) is -0.0596. The highest BCUT2D eigenvalue weighted by atomic mass is 79.9. The maximum atomic E-state index is 12.1. The van der Waals surface area contributed by atoms with Gasteiger partial charge in [0.15, 0.2) is 0 Å². The molecule has 0 radical (unpaired) electrons. The molecule has 0 saturated carbocycles. The van der Waals surface area contributed by atoms with E-state index in [4.69, 9.17) is 11.6 Å². The van der Waals surface area contributed by atoms with Crippen molar-refractivity contribution >= 4 is 55.1 Å². The Morgan fingerprint density at radius 3 is 2.54 bits per heavy atom. The molecule has 0 saturated heterocycles. The van der Waals surface area contributed by atoms with Crippen LogP contribution in [0.4, 0.5) is 5.69 Å². The van der Waals surface area contributed by atoms with Gasteiger partial charge in [-0.3, -0.25) is 4.79 Å². The fraction of sp³-hybridized carbons (Fsp3) is 0.0667. The highest BCUT2D eigenvalue weighted by Gasteiger charge is 2.11. The number of carbonyl (C=O) groups is 1. The molecule has 0 aliphatic carbocycles. The molecule has 3 aromatic rings. The van der Waals surface area contributed by atoms with Crippen molar-refractivity contribution in [3.63, 3.8) is 0 Å². The molecule has 1 amide bonds. The summed E-state index contributed by atoms with van der Waals surface area (Å²) in [6, 6.07) is 12.7. The molecule has 24 heavy (non-hydrogen) atoms. The lowest BCUT2D eigenvalue weighted by atomic mass is 10.2. The quantitative estimate of drug-likeness (QED) is 0.620. The third kappa shape index (κ3) is 4.19. The predicted molar refractivity (Wildman–Crippen MR) is 98.7 cm³/mol. The fourth-order valence-corrected chi connectivity index (χ4v) is 2.92. The number of hydrogen-bond acceptors (Lipinski definition) is 4. The van der Waals surface area contributed by atoms with Gasteiger partial charge in [-0.15, -0.1) is 10.2 Å². The maximum Gasteiger partial charge on any atom is 0.248 e. The highest BCUT2D eigenvalue weighted by molar-refractivity contribution is 9.10. The van der Waals surface area contributed by atoms with E-state index in [1.807, 2.05) is 24.3 Å². The second-order valence-corrected chi connectivity index (χ2v) is 7.06. The minimum Gasteiger partial charge on any atom is -0.323 e. The van der Waals surface area contributed by atoms with Crippen LogP contribution in [0.15, 0.2) is 51.4 Å². The van der Waals surface area contributed by atoms with Crippen LogP contribution >= 0.6 is 43.5 Å². The summed E-state index contributed by atoms with van der Waals surface area (Å²) in [5, 5.41) is 15.2. The Morgan fingerprint density at radius 2 is 1.83 bits per heavy atom. The van der Waals surface area contributed by atoms with E-state index in [1.165, 1.54) is 4.80 Å². The van der Waals surface area contributed by atoms with Crippen LogP contribution in [0.5, 0.6) is 0 Å². The van der Waals surface area contributed by atoms with Crippen LogP contribution in [0, 0.1) is 0 Å². The molecule has 3 rings (SSSR count).